The molecule has 0 aliphatic carbocycles. The van der Waals surface area contributed by atoms with Crippen LogP contribution in [0.3, 0.4) is 0 Å². The lowest BCUT2D eigenvalue weighted by Crippen LogP contribution is -2.40. The van der Waals surface area contributed by atoms with Crippen molar-refractivity contribution >= 4 is 57.7 Å². The lowest BCUT2D eigenvalue weighted by atomic mass is 10.3. The molecule has 1 amide bonds. The second-order valence-corrected chi connectivity index (χ2v) is 5.76. The van der Waals surface area contributed by atoms with E-state index in [0.717, 1.165) is 12.8 Å². The summed E-state index contributed by atoms with van der Waals surface area (Å²) in [5.41, 5.74) is 8.78. The normalized spacial score (nSPS) is 15.1. The Bertz CT molecular complexity index is 600. The first kappa shape index (κ1) is 16.0. The number of hydrogen-bond donors (Lipinski definition) is 2. The van der Waals surface area contributed by atoms with E-state index in [0.29, 0.717) is 28.8 Å². The molecular weight excluding hydrogens is 331 g/mol. The van der Waals surface area contributed by atoms with Crippen molar-refractivity contribution < 1.29 is 4.79 Å². The molecule has 1 heterocycles. The number of anilines is 1. The van der Waals surface area contributed by atoms with Gasteiger partial charge in [0.2, 0.25) is 0 Å². The molecule has 1 saturated heterocycles. The molecule has 8 heteroatoms. The number of hydrazone groups is 1. The van der Waals surface area contributed by atoms with Gasteiger partial charge in [-0.3, -0.25) is 10.2 Å². The van der Waals surface area contributed by atoms with Crippen molar-refractivity contribution in [3.63, 3.8) is 0 Å². The van der Waals surface area contributed by atoms with E-state index in [1.54, 1.807) is 23.1 Å². The van der Waals surface area contributed by atoms with Gasteiger partial charge in [0.25, 0.3) is 5.91 Å². The molecule has 21 heavy (non-hydrogen) atoms. The van der Waals surface area contributed by atoms with E-state index in [-0.39, 0.29) is 16.6 Å². The monoisotopic (exact) mass is 344 g/mol. The fourth-order valence-electron chi connectivity index (χ4n) is 1.98. The number of benzene rings is 1. The Kier molecular flexibility index (Phi) is 5.39. The molecule has 5 nitrogen and oxygen atoms in total. The minimum Gasteiger partial charge on any atom is -0.388 e. The number of amides is 1. The number of nitrogens with two attached hydrogens (primary N) is 1. The Morgan fingerprint density at radius 3 is 2.62 bits per heavy atom. The predicted molar refractivity (Wildman–Crippen MR) is 90.1 cm³/mol. The fourth-order valence-corrected chi connectivity index (χ4v) is 2.46. The van der Waals surface area contributed by atoms with Crippen molar-refractivity contribution in [2.24, 2.45) is 10.8 Å². The number of halogens is 2. The van der Waals surface area contributed by atoms with E-state index < -0.39 is 0 Å². The topological polar surface area (TPSA) is 70.7 Å². The molecule has 1 aromatic rings. The fraction of sp³-hybridized carbons (Fsp3) is 0.308. The van der Waals surface area contributed by atoms with Gasteiger partial charge in [-0.25, -0.2) is 0 Å². The number of nitrogens with one attached hydrogen (secondary N) is 1. The molecule has 1 aromatic carbocycles. The molecule has 1 fully saturated rings. The lowest BCUT2D eigenvalue weighted by molar-refractivity contribution is -0.122. The Morgan fingerprint density at radius 1 is 1.33 bits per heavy atom. The largest absolute Gasteiger partial charge is 0.388 e. The van der Waals surface area contributed by atoms with Crippen molar-refractivity contribution in [2.45, 2.75) is 12.8 Å². The van der Waals surface area contributed by atoms with Gasteiger partial charge < -0.3 is 10.6 Å². The molecule has 1 aliphatic rings. The molecule has 0 spiro atoms. The van der Waals surface area contributed by atoms with Crippen LogP contribution in [0.1, 0.15) is 12.8 Å². The van der Waals surface area contributed by atoms with Gasteiger partial charge in [-0.2, -0.15) is 5.10 Å². The number of thiocarbonyl (C=S) groups is 1. The zero-order chi connectivity index (χ0) is 15.4. The van der Waals surface area contributed by atoms with Crippen LogP contribution in [0.5, 0.6) is 0 Å². The van der Waals surface area contributed by atoms with Gasteiger partial charge in [-0.05, 0) is 25.0 Å². The van der Waals surface area contributed by atoms with E-state index in [1.165, 1.54) is 0 Å². The zero-order valence-corrected chi connectivity index (χ0v) is 13.4. The van der Waals surface area contributed by atoms with Gasteiger partial charge in [0.15, 0.2) is 5.71 Å². The van der Waals surface area contributed by atoms with Crippen LogP contribution < -0.4 is 11.2 Å². The Morgan fingerprint density at radius 2 is 2.00 bits per heavy atom. The molecule has 0 bridgehead atoms. The Hall–Kier alpha value is -1.37. The minimum absolute atomic E-state index is 0.0166. The van der Waals surface area contributed by atoms with E-state index >= 15 is 0 Å². The SMILES string of the molecule is NC(=S)/C(=N\Nc1cccc(Cl)c1Cl)C(=O)N1CCCC1. The van der Waals surface area contributed by atoms with Crippen LogP contribution in [0.2, 0.25) is 10.0 Å². The highest BCUT2D eigenvalue weighted by Crippen LogP contribution is 2.29. The molecule has 3 N–H and O–H groups in total. The second-order valence-electron chi connectivity index (χ2n) is 4.54. The highest BCUT2D eigenvalue weighted by molar-refractivity contribution is 7.82. The Labute approximate surface area is 138 Å². The molecule has 2 rings (SSSR count). The van der Waals surface area contributed by atoms with Crippen molar-refractivity contribution in [1.82, 2.24) is 4.90 Å². The van der Waals surface area contributed by atoms with E-state index in [1.807, 2.05) is 0 Å². The first-order valence-electron chi connectivity index (χ1n) is 6.37. The second kappa shape index (κ2) is 7.06. The van der Waals surface area contributed by atoms with Crippen LogP contribution >= 0.6 is 35.4 Å². The summed E-state index contributed by atoms with van der Waals surface area (Å²) >= 11 is 16.9. The molecule has 0 atom stereocenters. The summed E-state index contributed by atoms with van der Waals surface area (Å²) in [4.78, 5) is 13.9. The lowest BCUT2D eigenvalue weighted by Gasteiger charge is -2.16. The number of rotatable bonds is 4. The van der Waals surface area contributed by atoms with Crippen LogP contribution in [0.15, 0.2) is 23.3 Å². The maximum atomic E-state index is 12.3. The first-order chi connectivity index (χ1) is 10.0. The molecular formula is C13H14Cl2N4OS. The highest BCUT2D eigenvalue weighted by Gasteiger charge is 2.24. The van der Waals surface area contributed by atoms with Crippen molar-refractivity contribution in [3.05, 3.63) is 28.2 Å². The predicted octanol–water partition coefficient (Wildman–Crippen LogP) is 2.67. The molecule has 0 unspecified atom stereocenters. The molecule has 112 valence electrons. The Balaban J connectivity index is 2.20. The number of nitrogens with zero attached hydrogens (tertiary/aromatic N) is 2. The van der Waals surface area contributed by atoms with Crippen LogP contribution in [-0.4, -0.2) is 34.6 Å². The average Bonchev–Trinajstić information content (AvgIpc) is 2.97. The van der Waals surface area contributed by atoms with Crippen LogP contribution in [0, 0.1) is 0 Å². The van der Waals surface area contributed by atoms with Crippen LogP contribution in [-0.2, 0) is 4.79 Å². The van der Waals surface area contributed by atoms with Crippen molar-refractivity contribution in [2.75, 3.05) is 18.5 Å². The summed E-state index contributed by atoms with van der Waals surface area (Å²) in [6, 6.07) is 5.06. The third-order valence-corrected chi connectivity index (χ3v) is 4.08. The summed E-state index contributed by atoms with van der Waals surface area (Å²) < 4.78 is 0. The number of likely N-dealkylation sites (tertiary alicyclic amines) is 1. The number of hydrogen-bond acceptors (Lipinski definition) is 4. The third kappa shape index (κ3) is 3.84. The quantitative estimate of drug-likeness (QED) is 0.500. The van der Waals surface area contributed by atoms with Gasteiger partial charge in [0, 0.05) is 13.1 Å². The molecule has 0 saturated carbocycles. The third-order valence-electron chi connectivity index (χ3n) is 3.07. The van der Waals surface area contributed by atoms with Crippen molar-refractivity contribution in [3.8, 4) is 0 Å². The summed E-state index contributed by atoms with van der Waals surface area (Å²) in [6.07, 6.45) is 1.95. The first-order valence-corrected chi connectivity index (χ1v) is 7.54. The van der Waals surface area contributed by atoms with Crippen LogP contribution in [0.4, 0.5) is 5.69 Å². The van der Waals surface area contributed by atoms with E-state index in [4.69, 9.17) is 41.2 Å². The summed E-state index contributed by atoms with van der Waals surface area (Å²) in [6.45, 7) is 1.39. The zero-order valence-electron chi connectivity index (χ0n) is 11.1. The minimum atomic E-state index is -0.273. The highest BCUT2D eigenvalue weighted by atomic mass is 35.5. The number of carbonyl (C=O) groups excluding carboxylic acids is 1. The van der Waals surface area contributed by atoms with Crippen LogP contribution in [0.25, 0.3) is 0 Å². The summed E-state index contributed by atoms with van der Waals surface area (Å²) in [5, 5.41) is 4.71. The molecule has 0 aromatic heterocycles. The van der Waals surface area contributed by atoms with E-state index in [9.17, 15) is 4.79 Å². The van der Waals surface area contributed by atoms with Gasteiger partial charge >= 0.3 is 0 Å². The summed E-state index contributed by atoms with van der Waals surface area (Å²) in [7, 11) is 0. The van der Waals surface area contributed by atoms with Gasteiger partial charge in [0.05, 0.1) is 15.7 Å². The van der Waals surface area contributed by atoms with E-state index in [2.05, 4.69) is 10.5 Å². The standard InChI is InChI=1S/C13H14Cl2N4OS/c14-8-4-3-5-9(10(8)15)17-18-11(12(16)21)13(20)19-6-1-2-7-19/h3-5,17H,1-2,6-7H2,(H2,16,21)/b18-11+. The average molecular weight is 345 g/mol. The van der Waals surface area contributed by atoms with Gasteiger partial charge in [-0.1, -0.05) is 41.5 Å². The number of carbonyl (C=O) groups is 1. The maximum absolute atomic E-state index is 12.3. The maximum Gasteiger partial charge on any atom is 0.277 e. The molecule has 1 aliphatic heterocycles. The summed E-state index contributed by atoms with van der Waals surface area (Å²) in [5.74, 6) is -0.273. The molecule has 0 radical (unpaired) electrons. The van der Waals surface area contributed by atoms with Gasteiger partial charge in [-0.15, -0.1) is 0 Å². The smallest absolute Gasteiger partial charge is 0.277 e. The van der Waals surface area contributed by atoms with Gasteiger partial charge in [0.1, 0.15) is 4.99 Å². The van der Waals surface area contributed by atoms with Crippen molar-refractivity contribution in [1.29, 1.82) is 0 Å².